The largest absolute Gasteiger partial charge is 0.357 e. The van der Waals surface area contributed by atoms with E-state index < -0.39 is 0 Å². The highest BCUT2D eigenvalue weighted by atomic mass is 16.1. The molecule has 98 valence electrons. The standard InChI is InChI=1S/C16H18N2O/c19-16(15-6-3-11-17-15)18-14-9-7-13(8-10-14)12-4-1-2-5-12/h3,6-12,17H,1-2,4-5H2,(H,18,19). The van der Waals surface area contributed by atoms with E-state index in [-0.39, 0.29) is 5.91 Å². The number of aromatic amines is 1. The summed E-state index contributed by atoms with van der Waals surface area (Å²) in [6.07, 6.45) is 7.03. The molecule has 1 amide bonds. The summed E-state index contributed by atoms with van der Waals surface area (Å²) in [5.41, 5.74) is 2.83. The molecule has 2 aromatic rings. The van der Waals surface area contributed by atoms with Crippen LogP contribution in [0, 0.1) is 0 Å². The maximum absolute atomic E-state index is 11.9. The van der Waals surface area contributed by atoms with Gasteiger partial charge in [-0.1, -0.05) is 25.0 Å². The lowest BCUT2D eigenvalue weighted by Crippen LogP contribution is -2.12. The quantitative estimate of drug-likeness (QED) is 0.856. The fourth-order valence-electron chi connectivity index (χ4n) is 2.77. The number of carbonyl (C=O) groups excluding carboxylic acids is 1. The van der Waals surface area contributed by atoms with Gasteiger partial charge in [0.1, 0.15) is 5.69 Å². The third-order valence-electron chi connectivity index (χ3n) is 3.84. The molecule has 3 heteroatoms. The molecule has 1 saturated carbocycles. The molecule has 0 spiro atoms. The van der Waals surface area contributed by atoms with Crippen molar-refractivity contribution in [3.8, 4) is 0 Å². The summed E-state index contributed by atoms with van der Waals surface area (Å²) in [7, 11) is 0. The first kappa shape index (κ1) is 12.0. The fourth-order valence-corrected chi connectivity index (χ4v) is 2.77. The number of aromatic nitrogens is 1. The first-order valence-corrected chi connectivity index (χ1v) is 6.87. The van der Waals surface area contributed by atoms with Crippen LogP contribution in [-0.4, -0.2) is 10.9 Å². The minimum atomic E-state index is -0.0985. The Balaban J connectivity index is 1.67. The predicted octanol–water partition coefficient (Wildman–Crippen LogP) is 3.92. The number of H-pyrrole nitrogens is 1. The lowest BCUT2D eigenvalue weighted by molar-refractivity contribution is 0.102. The lowest BCUT2D eigenvalue weighted by Gasteiger charge is -2.10. The predicted molar refractivity (Wildman–Crippen MR) is 76.4 cm³/mol. The summed E-state index contributed by atoms with van der Waals surface area (Å²) in [5, 5.41) is 2.89. The maximum Gasteiger partial charge on any atom is 0.272 e. The van der Waals surface area contributed by atoms with Crippen LogP contribution in [0.5, 0.6) is 0 Å². The average molecular weight is 254 g/mol. The first-order valence-electron chi connectivity index (χ1n) is 6.87. The van der Waals surface area contributed by atoms with Crippen LogP contribution in [0.15, 0.2) is 42.6 Å². The third-order valence-corrected chi connectivity index (χ3v) is 3.84. The van der Waals surface area contributed by atoms with E-state index in [1.165, 1.54) is 31.2 Å². The van der Waals surface area contributed by atoms with Crippen molar-refractivity contribution in [2.75, 3.05) is 5.32 Å². The molecular formula is C16H18N2O. The molecule has 1 aromatic heterocycles. The molecule has 0 unspecified atom stereocenters. The summed E-state index contributed by atoms with van der Waals surface area (Å²) in [4.78, 5) is 14.8. The molecule has 0 bridgehead atoms. The van der Waals surface area contributed by atoms with E-state index in [2.05, 4.69) is 22.4 Å². The van der Waals surface area contributed by atoms with E-state index in [0.29, 0.717) is 11.6 Å². The van der Waals surface area contributed by atoms with Gasteiger partial charge < -0.3 is 10.3 Å². The Kier molecular flexibility index (Phi) is 3.36. The van der Waals surface area contributed by atoms with Gasteiger partial charge in [0, 0.05) is 11.9 Å². The van der Waals surface area contributed by atoms with Gasteiger partial charge in [0.25, 0.3) is 5.91 Å². The summed E-state index contributed by atoms with van der Waals surface area (Å²) < 4.78 is 0. The minimum absolute atomic E-state index is 0.0985. The zero-order valence-electron chi connectivity index (χ0n) is 10.9. The van der Waals surface area contributed by atoms with Crippen molar-refractivity contribution in [3.63, 3.8) is 0 Å². The Bertz CT molecular complexity index is 537. The molecule has 0 radical (unpaired) electrons. The van der Waals surface area contributed by atoms with Gasteiger partial charge in [0.15, 0.2) is 0 Å². The van der Waals surface area contributed by atoms with Crippen LogP contribution in [0.4, 0.5) is 5.69 Å². The fraction of sp³-hybridized carbons (Fsp3) is 0.312. The molecule has 0 atom stereocenters. The van der Waals surface area contributed by atoms with Gasteiger partial charge in [-0.3, -0.25) is 4.79 Å². The molecule has 3 rings (SSSR count). The van der Waals surface area contributed by atoms with Gasteiger partial charge in [-0.25, -0.2) is 0 Å². The topological polar surface area (TPSA) is 44.9 Å². The molecule has 1 aromatic carbocycles. The van der Waals surface area contributed by atoms with Gasteiger partial charge in [0.05, 0.1) is 0 Å². The Morgan fingerprint density at radius 1 is 1.11 bits per heavy atom. The molecule has 19 heavy (non-hydrogen) atoms. The van der Waals surface area contributed by atoms with Crippen molar-refractivity contribution >= 4 is 11.6 Å². The highest BCUT2D eigenvalue weighted by Gasteiger charge is 2.16. The highest BCUT2D eigenvalue weighted by molar-refractivity contribution is 6.02. The van der Waals surface area contributed by atoms with Crippen molar-refractivity contribution in [1.29, 1.82) is 0 Å². The molecular weight excluding hydrogens is 236 g/mol. The Hall–Kier alpha value is -2.03. The second kappa shape index (κ2) is 5.31. The normalized spacial score (nSPS) is 15.6. The monoisotopic (exact) mass is 254 g/mol. The van der Waals surface area contributed by atoms with E-state index in [0.717, 1.165) is 5.69 Å². The molecule has 0 aliphatic heterocycles. The Morgan fingerprint density at radius 2 is 1.84 bits per heavy atom. The zero-order chi connectivity index (χ0) is 13.1. The number of anilines is 1. The smallest absolute Gasteiger partial charge is 0.272 e. The van der Waals surface area contributed by atoms with E-state index in [4.69, 9.17) is 0 Å². The summed E-state index contributed by atoms with van der Waals surface area (Å²) in [6, 6.07) is 11.9. The molecule has 1 aliphatic carbocycles. The van der Waals surface area contributed by atoms with Crippen molar-refractivity contribution in [1.82, 2.24) is 4.98 Å². The summed E-state index contributed by atoms with van der Waals surface area (Å²) in [5.74, 6) is 0.617. The molecule has 1 fully saturated rings. The zero-order valence-corrected chi connectivity index (χ0v) is 10.9. The van der Waals surface area contributed by atoms with E-state index in [9.17, 15) is 4.79 Å². The Morgan fingerprint density at radius 3 is 2.47 bits per heavy atom. The van der Waals surface area contributed by atoms with Crippen LogP contribution < -0.4 is 5.32 Å². The molecule has 2 N–H and O–H groups in total. The SMILES string of the molecule is O=C(Nc1ccc(C2CCCC2)cc1)c1ccc[nH]1. The second-order valence-electron chi connectivity index (χ2n) is 5.14. The van der Waals surface area contributed by atoms with Crippen molar-refractivity contribution in [2.45, 2.75) is 31.6 Å². The van der Waals surface area contributed by atoms with E-state index in [1.54, 1.807) is 12.3 Å². The minimum Gasteiger partial charge on any atom is -0.357 e. The first-order chi connectivity index (χ1) is 9.33. The van der Waals surface area contributed by atoms with Crippen LogP contribution in [0.2, 0.25) is 0 Å². The highest BCUT2D eigenvalue weighted by Crippen LogP contribution is 2.34. The van der Waals surface area contributed by atoms with Crippen molar-refractivity contribution in [3.05, 3.63) is 53.9 Å². The van der Waals surface area contributed by atoms with Crippen LogP contribution >= 0.6 is 0 Å². The van der Waals surface area contributed by atoms with Crippen LogP contribution in [0.3, 0.4) is 0 Å². The summed E-state index contributed by atoms with van der Waals surface area (Å²) in [6.45, 7) is 0. The number of rotatable bonds is 3. The second-order valence-corrected chi connectivity index (χ2v) is 5.14. The van der Waals surface area contributed by atoms with Crippen molar-refractivity contribution in [2.24, 2.45) is 0 Å². The van der Waals surface area contributed by atoms with Gasteiger partial charge in [0.2, 0.25) is 0 Å². The maximum atomic E-state index is 11.9. The van der Waals surface area contributed by atoms with E-state index in [1.807, 2.05) is 18.2 Å². The number of amides is 1. The van der Waals surface area contributed by atoms with Crippen LogP contribution in [0.25, 0.3) is 0 Å². The van der Waals surface area contributed by atoms with Gasteiger partial charge in [-0.2, -0.15) is 0 Å². The van der Waals surface area contributed by atoms with Gasteiger partial charge in [-0.15, -0.1) is 0 Å². The van der Waals surface area contributed by atoms with Crippen molar-refractivity contribution < 1.29 is 4.79 Å². The van der Waals surface area contributed by atoms with Crippen LogP contribution in [-0.2, 0) is 0 Å². The lowest BCUT2D eigenvalue weighted by atomic mass is 9.98. The van der Waals surface area contributed by atoms with Crippen LogP contribution in [0.1, 0.15) is 47.7 Å². The number of hydrogen-bond acceptors (Lipinski definition) is 1. The molecule has 0 saturated heterocycles. The summed E-state index contributed by atoms with van der Waals surface area (Å²) >= 11 is 0. The van der Waals surface area contributed by atoms with Gasteiger partial charge >= 0.3 is 0 Å². The van der Waals surface area contributed by atoms with Gasteiger partial charge in [-0.05, 0) is 48.6 Å². The van der Waals surface area contributed by atoms with E-state index >= 15 is 0 Å². The third kappa shape index (κ3) is 2.70. The number of hydrogen-bond donors (Lipinski definition) is 2. The molecule has 1 aliphatic rings. The molecule has 1 heterocycles. The number of carbonyl (C=O) groups is 1. The average Bonchev–Trinajstić information content (AvgIpc) is 3.13. The molecule has 3 nitrogen and oxygen atoms in total. The number of nitrogens with one attached hydrogen (secondary N) is 2. The Labute approximate surface area is 113 Å². The number of benzene rings is 1.